The summed E-state index contributed by atoms with van der Waals surface area (Å²) < 4.78 is 24.7. The molecule has 0 aromatic carbocycles. The zero-order valence-corrected chi connectivity index (χ0v) is 18.3. The highest BCUT2D eigenvalue weighted by atomic mass is 28.4. The number of fused-ring (bicyclic) bond motifs is 1. The molecule has 0 aliphatic carbocycles. The van der Waals surface area contributed by atoms with Crippen LogP contribution in [0.15, 0.2) is 0 Å². The van der Waals surface area contributed by atoms with Crippen LogP contribution in [0.5, 0.6) is 0 Å². The van der Waals surface area contributed by atoms with E-state index in [0.717, 1.165) is 6.42 Å². The molecule has 0 radical (unpaired) electrons. The lowest BCUT2D eigenvalue weighted by molar-refractivity contribution is -0.355. The molecular weight excluding hydrogens is 336 g/mol. The van der Waals surface area contributed by atoms with Gasteiger partial charge in [0.15, 0.2) is 14.1 Å². The Kier molecular flexibility index (Phi) is 6.15. The molecule has 148 valence electrons. The molecule has 5 nitrogen and oxygen atoms in total. The molecule has 1 N–H and O–H groups in total. The topological polar surface area (TPSA) is 57.2 Å². The van der Waals surface area contributed by atoms with E-state index in [4.69, 9.17) is 18.6 Å². The summed E-state index contributed by atoms with van der Waals surface area (Å²) in [6.07, 6.45) is 1.32. The van der Waals surface area contributed by atoms with Gasteiger partial charge < -0.3 is 23.7 Å². The Labute approximate surface area is 154 Å². The van der Waals surface area contributed by atoms with Gasteiger partial charge in [0.2, 0.25) is 0 Å². The summed E-state index contributed by atoms with van der Waals surface area (Å²) >= 11 is 0. The van der Waals surface area contributed by atoms with Crippen molar-refractivity contribution in [2.24, 2.45) is 5.41 Å². The zero-order valence-electron chi connectivity index (χ0n) is 17.3. The SMILES string of the molecule is CC1(C)OC[C@@]2(C)[C@H](CCO[Si](C)(C)C(C)(C)C)O[C@H](CO)C[C@H]2O1. The molecule has 0 aromatic rings. The first-order chi connectivity index (χ1) is 11.3. The fraction of sp³-hybridized carbons (Fsp3) is 1.00. The minimum absolute atomic E-state index is 0.0246. The number of rotatable bonds is 5. The Morgan fingerprint density at radius 3 is 2.40 bits per heavy atom. The average Bonchev–Trinajstić information content (AvgIpc) is 2.47. The second-order valence-electron chi connectivity index (χ2n) is 9.86. The highest BCUT2D eigenvalue weighted by molar-refractivity contribution is 6.74. The van der Waals surface area contributed by atoms with Crippen molar-refractivity contribution >= 4 is 8.32 Å². The van der Waals surface area contributed by atoms with Gasteiger partial charge in [0, 0.05) is 18.4 Å². The maximum atomic E-state index is 9.64. The predicted octanol–water partition coefficient (Wildman–Crippen LogP) is 3.71. The molecule has 4 atom stereocenters. The summed E-state index contributed by atoms with van der Waals surface area (Å²) in [5.74, 6) is -0.580. The van der Waals surface area contributed by atoms with E-state index in [1.165, 1.54) is 0 Å². The lowest BCUT2D eigenvalue weighted by Gasteiger charge is -2.55. The first kappa shape index (κ1) is 21.3. The average molecular weight is 375 g/mol. The number of aliphatic hydroxyl groups is 1. The van der Waals surface area contributed by atoms with E-state index in [2.05, 4.69) is 40.8 Å². The number of ether oxygens (including phenoxy) is 3. The van der Waals surface area contributed by atoms with Crippen molar-refractivity contribution in [1.29, 1.82) is 0 Å². The van der Waals surface area contributed by atoms with Crippen LogP contribution in [0.1, 0.15) is 54.4 Å². The standard InChI is InChI=1S/C19H38O5Si/c1-17(2,3)25(7,8)22-10-9-15-19(6)13-21-18(4,5)24-16(19)11-14(12-20)23-15/h14-16,20H,9-13H2,1-8H3/t14-,15-,16+,19-/m0/s1. The molecular formula is C19H38O5Si. The van der Waals surface area contributed by atoms with Gasteiger partial charge in [-0.25, -0.2) is 0 Å². The van der Waals surface area contributed by atoms with Gasteiger partial charge in [-0.05, 0) is 38.4 Å². The van der Waals surface area contributed by atoms with Crippen LogP contribution in [0.25, 0.3) is 0 Å². The third-order valence-corrected chi connectivity index (χ3v) is 10.9. The Morgan fingerprint density at radius 1 is 1.20 bits per heavy atom. The van der Waals surface area contributed by atoms with E-state index >= 15 is 0 Å². The van der Waals surface area contributed by atoms with Gasteiger partial charge in [-0.2, -0.15) is 0 Å². The minimum atomic E-state index is -1.77. The smallest absolute Gasteiger partial charge is 0.191 e. The molecule has 0 unspecified atom stereocenters. The molecule has 2 saturated heterocycles. The van der Waals surface area contributed by atoms with Crippen LogP contribution >= 0.6 is 0 Å². The molecule has 0 bridgehead atoms. The Hall–Kier alpha value is 0.0169. The predicted molar refractivity (Wildman–Crippen MR) is 101 cm³/mol. The van der Waals surface area contributed by atoms with Crippen LogP contribution in [0.4, 0.5) is 0 Å². The maximum Gasteiger partial charge on any atom is 0.191 e. The van der Waals surface area contributed by atoms with Crippen molar-refractivity contribution < 1.29 is 23.7 Å². The van der Waals surface area contributed by atoms with Crippen LogP contribution < -0.4 is 0 Å². The molecule has 2 heterocycles. The van der Waals surface area contributed by atoms with Gasteiger partial charge in [-0.15, -0.1) is 0 Å². The molecule has 2 aliphatic heterocycles. The van der Waals surface area contributed by atoms with E-state index in [1.807, 2.05) is 13.8 Å². The minimum Gasteiger partial charge on any atom is -0.417 e. The Bertz CT molecular complexity index is 459. The van der Waals surface area contributed by atoms with Gasteiger partial charge in [0.1, 0.15) is 0 Å². The number of aliphatic hydroxyl groups excluding tert-OH is 1. The second-order valence-corrected chi connectivity index (χ2v) is 14.7. The molecule has 0 saturated carbocycles. The molecule has 0 amide bonds. The zero-order chi connectivity index (χ0) is 19.1. The first-order valence-corrected chi connectivity index (χ1v) is 12.4. The quantitative estimate of drug-likeness (QED) is 0.744. The summed E-state index contributed by atoms with van der Waals surface area (Å²) in [4.78, 5) is 0. The lowest BCUT2D eigenvalue weighted by Crippen LogP contribution is -2.62. The monoisotopic (exact) mass is 374 g/mol. The molecule has 2 aliphatic rings. The number of hydrogen-bond donors (Lipinski definition) is 1. The molecule has 0 aromatic heterocycles. The molecule has 25 heavy (non-hydrogen) atoms. The summed E-state index contributed by atoms with van der Waals surface area (Å²) in [5.41, 5.74) is -0.210. The van der Waals surface area contributed by atoms with E-state index in [1.54, 1.807) is 0 Å². The molecule has 2 fully saturated rings. The van der Waals surface area contributed by atoms with E-state index in [-0.39, 0.29) is 35.4 Å². The molecule has 0 spiro atoms. The summed E-state index contributed by atoms with van der Waals surface area (Å²) in [6.45, 7) is 18.7. The van der Waals surface area contributed by atoms with Gasteiger partial charge >= 0.3 is 0 Å². The van der Waals surface area contributed by atoms with Crippen LogP contribution in [0.3, 0.4) is 0 Å². The van der Waals surface area contributed by atoms with E-state index < -0.39 is 14.1 Å². The van der Waals surface area contributed by atoms with E-state index in [0.29, 0.717) is 19.6 Å². The largest absolute Gasteiger partial charge is 0.417 e. The lowest BCUT2D eigenvalue weighted by atomic mass is 9.73. The van der Waals surface area contributed by atoms with Crippen molar-refractivity contribution in [3.63, 3.8) is 0 Å². The van der Waals surface area contributed by atoms with Crippen LogP contribution in [-0.2, 0) is 18.6 Å². The van der Waals surface area contributed by atoms with Gasteiger partial charge in [-0.3, -0.25) is 0 Å². The molecule has 2 rings (SSSR count). The Balaban J connectivity index is 2.05. The normalized spacial score (nSPS) is 36.1. The summed E-state index contributed by atoms with van der Waals surface area (Å²) in [6, 6.07) is 0. The molecule has 6 heteroatoms. The summed E-state index contributed by atoms with van der Waals surface area (Å²) in [5, 5.41) is 9.83. The van der Waals surface area contributed by atoms with Crippen LogP contribution in [0.2, 0.25) is 18.1 Å². The van der Waals surface area contributed by atoms with Crippen molar-refractivity contribution in [3.8, 4) is 0 Å². The third kappa shape index (κ3) is 4.65. The van der Waals surface area contributed by atoms with Gasteiger partial charge in [-0.1, -0.05) is 27.7 Å². The van der Waals surface area contributed by atoms with Gasteiger partial charge in [0.05, 0.1) is 31.5 Å². The highest BCUT2D eigenvalue weighted by Gasteiger charge is 2.54. The van der Waals surface area contributed by atoms with Crippen molar-refractivity contribution in [1.82, 2.24) is 0 Å². The van der Waals surface area contributed by atoms with Crippen LogP contribution in [-0.4, -0.2) is 57.3 Å². The fourth-order valence-electron chi connectivity index (χ4n) is 3.39. The summed E-state index contributed by atoms with van der Waals surface area (Å²) in [7, 11) is -1.77. The van der Waals surface area contributed by atoms with Gasteiger partial charge in [0.25, 0.3) is 0 Å². The van der Waals surface area contributed by atoms with Crippen molar-refractivity contribution in [3.05, 3.63) is 0 Å². The van der Waals surface area contributed by atoms with Crippen molar-refractivity contribution in [2.75, 3.05) is 19.8 Å². The maximum absolute atomic E-state index is 9.64. The van der Waals surface area contributed by atoms with E-state index in [9.17, 15) is 5.11 Å². The Morgan fingerprint density at radius 2 is 1.84 bits per heavy atom. The highest BCUT2D eigenvalue weighted by Crippen LogP contribution is 2.46. The second kappa shape index (κ2) is 7.21. The first-order valence-electron chi connectivity index (χ1n) is 9.53. The van der Waals surface area contributed by atoms with Crippen molar-refractivity contribution in [2.45, 2.75) is 96.6 Å². The number of hydrogen-bond acceptors (Lipinski definition) is 5. The third-order valence-electron chi connectivity index (χ3n) is 6.31. The van der Waals surface area contributed by atoms with Crippen LogP contribution in [0, 0.1) is 5.41 Å². The fourth-order valence-corrected chi connectivity index (χ4v) is 4.45.